The van der Waals surface area contributed by atoms with Crippen LogP contribution in [0.5, 0.6) is 0 Å². The number of unbranched alkanes of at least 4 members (excludes halogenated alkanes) is 5. The van der Waals surface area contributed by atoms with Gasteiger partial charge in [0.2, 0.25) is 0 Å². The van der Waals surface area contributed by atoms with Gasteiger partial charge in [-0.3, -0.25) is 4.79 Å². The quantitative estimate of drug-likeness (QED) is 0.341. The predicted molar refractivity (Wildman–Crippen MR) is 71.9 cm³/mol. The van der Waals surface area contributed by atoms with Gasteiger partial charge in [-0.2, -0.15) is 0 Å². The second-order valence-corrected chi connectivity index (χ2v) is 5.43. The van der Waals surface area contributed by atoms with E-state index in [9.17, 15) is 4.79 Å². The third kappa shape index (κ3) is 12.0. The summed E-state index contributed by atoms with van der Waals surface area (Å²) < 4.78 is 5.10. The molecule has 0 N–H and O–H groups in total. The van der Waals surface area contributed by atoms with Crippen molar-refractivity contribution in [1.82, 2.24) is 0 Å². The lowest BCUT2D eigenvalue weighted by Crippen LogP contribution is -2.09. The Balaban J connectivity index is 3.15. The van der Waals surface area contributed by atoms with Crippen molar-refractivity contribution in [3.63, 3.8) is 0 Å². The lowest BCUT2D eigenvalue weighted by atomic mass is 10.1. The minimum Gasteiger partial charge on any atom is -0.465 e. The molecule has 0 aliphatic carbocycles. The molecule has 2 nitrogen and oxygen atoms in total. The van der Waals surface area contributed by atoms with Crippen LogP contribution in [0.15, 0.2) is 0 Å². The van der Waals surface area contributed by atoms with Gasteiger partial charge in [0.25, 0.3) is 0 Å². The van der Waals surface area contributed by atoms with Crippen molar-refractivity contribution < 1.29 is 9.53 Å². The van der Waals surface area contributed by atoms with Crippen LogP contribution in [0.4, 0.5) is 0 Å². The van der Waals surface area contributed by atoms with E-state index in [0.717, 1.165) is 18.2 Å². The Morgan fingerprint density at radius 2 is 1.62 bits per heavy atom. The molecule has 0 radical (unpaired) electrons. The van der Waals surface area contributed by atoms with Crippen LogP contribution in [0.3, 0.4) is 0 Å². The van der Waals surface area contributed by atoms with Crippen LogP contribution in [0.2, 0.25) is 0 Å². The SMILES string of the molecule is CC(C)COC(=O)CCCCCCCCBr. The van der Waals surface area contributed by atoms with E-state index in [4.69, 9.17) is 4.74 Å². The molecule has 16 heavy (non-hydrogen) atoms. The summed E-state index contributed by atoms with van der Waals surface area (Å²) in [6.45, 7) is 4.67. The molecule has 0 saturated heterocycles. The lowest BCUT2D eigenvalue weighted by Gasteiger charge is -2.06. The second kappa shape index (κ2) is 11.4. The Morgan fingerprint density at radius 1 is 1.06 bits per heavy atom. The van der Waals surface area contributed by atoms with Crippen LogP contribution in [-0.2, 0) is 9.53 Å². The minimum absolute atomic E-state index is 0.0332. The van der Waals surface area contributed by atoms with Crippen LogP contribution in [0.1, 0.15) is 58.8 Å². The number of hydrogen-bond acceptors (Lipinski definition) is 2. The van der Waals surface area contributed by atoms with E-state index in [1.165, 1.54) is 25.7 Å². The zero-order chi connectivity index (χ0) is 12.2. The average Bonchev–Trinajstić information content (AvgIpc) is 2.25. The first-order valence-corrected chi connectivity index (χ1v) is 7.50. The van der Waals surface area contributed by atoms with E-state index in [-0.39, 0.29) is 5.97 Å². The highest BCUT2D eigenvalue weighted by Gasteiger charge is 2.03. The van der Waals surface area contributed by atoms with Gasteiger partial charge < -0.3 is 4.74 Å². The Bertz CT molecular complexity index is 169. The van der Waals surface area contributed by atoms with E-state index in [0.29, 0.717) is 18.9 Å². The molecule has 0 heterocycles. The smallest absolute Gasteiger partial charge is 0.305 e. The average molecular weight is 293 g/mol. The zero-order valence-corrected chi connectivity index (χ0v) is 12.2. The summed E-state index contributed by atoms with van der Waals surface area (Å²) in [6.07, 6.45) is 7.80. The Labute approximate surface area is 108 Å². The highest BCUT2D eigenvalue weighted by molar-refractivity contribution is 9.09. The Kier molecular flexibility index (Phi) is 11.4. The van der Waals surface area contributed by atoms with Crippen LogP contribution in [-0.4, -0.2) is 17.9 Å². The predicted octanol–water partition coefficient (Wildman–Crippen LogP) is 4.31. The second-order valence-electron chi connectivity index (χ2n) is 4.64. The molecule has 0 unspecified atom stereocenters. The summed E-state index contributed by atoms with van der Waals surface area (Å²) in [5.74, 6) is 0.405. The largest absolute Gasteiger partial charge is 0.465 e. The van der Waals surface area contributed by atoms with E-state index in [2.05, 4.69) is 29.8 Å². The van der Waals surface area contributed by atoms with E-state index >= 15 is 0 Å². The van der Waals surface area contributed by atoms with E-state index in [1.54, 1.807) is 0 Å². The molecule has 0 atom stereocenters. The molecule has 3 heteroatoms. The van der Waals surface area contributed by atoms with E-state index in [1.807, 2.05) is 0 Å². The standard InChI is InChI=1S/C13H25BrO2/c1-12(2)11-16-13(15)9-7-5-3-4-6-8-10-14/h12H,3-11H2,1-2H3. The molecule has 0 amide bonds. The summed E-state index contributed by atoms with van der Waals surface area (Å²) in [4.78, 5) is 11.3. The molecular weight excluding hydrogens is 268 g/mol. The topological polar surface area (TPSA) is 26.3 Å². The van der Waals surface area contributed by atoms with Gasteiger partial charge in [-0.1, -0.05) is 55.5 Å². The number of halogens is 1. The van der Waals surface area contributed by atoms with Crippen LogP contribution in [0.25, 0.3) is 0 Å². The number of carbonyl (C=O) groups excluding carboxylic acids is 1. The number of hydrogen-bond donors (Lipinski definition) is 0. The van der Waals surface area contributed by atoms with Crippen molar-refractivity contribution in [2.75, 3.05) is 11.9 Å². The van der Waals surface area contributed by atoms with Gasteiger partial charge in [0.05, 0.1) is 6.61 Å². The Hall–Kier alpha value is -0.0500. The summed E-state index contributed by atoms with van der Waals surface area (Å²) in [5, 5.41) is 1.11. The van der Waals surface area contributed by atoms with Crippen LogP contribution >= 0.6 is 15.9 Å². The van der Waals surface area contributed by atoms with Gasteiger partial charge in [-0.25, -0.2) is 0 Å². The molecule has 0 saturated carbocycles. The van der Waals surface area contributed by atoms with Crippen LogP contribution in [0, 0.1) is 5.92 Å². The summed E-state index contributed by atoms with van der Waals surface area (Å²) in [5.41, 5.74) is 0. The molecule has 0 aromatic heterocycles. The third-order valence-corrected chi connectivity index (χ3v) is 2.90. The van der Waals surface area contributed by atoms with Crippen molar-refractivity contribution in [3.8, 4) is 0 Å². The first-order chi connectivity index (χ1) is 7.66. The van der Waals surface area contributed by atoms with Crippen molar-refractivity contribution in [2.24, 2.45) is 5.92 Å². The lowest BCUT2D eigenvalue weighted by molar-refractivity contribution is -0.144. The fourth-order valence-corrected chi connectivity index (χ4v) is 1.80. The van der Waals surface area contributed by atoms with Gasteiger partial charge in [0, 0.05) is 11.8 Å². The van der Waals surface area contributed by atoms with E-state index < -0.39 is 0 Å². The normalized spacial score (nSPS) is 10.8. The van der Waals surface area contributed by atoms with Crippen molar-refractivity contribution in [3.05, 3.63) is 0 Å². The molecular formula is C13H25BrO2. The minimum atomic E-state index is -0.0332. The van der Waals surface area contributed by atoms with Gasteiger partial charge in [0.15, 0.2) is 0 Å². The number of rotatable bonds is 10. The van der Waals surface area contributed by atoms with Gasteiger partial charge in [-0.15, -0.1) is 0 Å². The van der Waals surface area contributed by atoms with Crippen molar-refractivity contribution >= 4 is 21.9 Å². The molecule has 0 rings (SSSR count). The zero-order valence-electron chi connectivity index (χ0n) is 10.6. The molecule has 0 fully saturated rings. The Morgan fingerprint density at radius 3 is 2.19 bits per heavy atom. The molecule has 0 aromatic carbocycles. The fourth-order valence-electron chi connectivity index (χ4n) is 1.40. The molecule has 0 aromatic rings. The first-order valence-electron chi connectivity index (χ1n) is 6.38. The van der Waals surface area contributed by atoms with Gasteiger partial charge in [0.1, 0.15) is 0 Å². The first kappa shape index (κ1) is 16.0. The summed E-state index contributed by atoms with van der Waals surface area (Å²) in [6, 6.07) is 0. The molecule has 0 bridgehead atoms. The number of ether oxygens (including phenoxy) is 1. The highest BCUT2D eigenvalue weighted by atomic mass is 79.9. The van der Waals surface area contributed by atoms with Gasteiger partial charge in [-0.05, 0) is 18.8 Å². The van der Waals surface area contributed by atoms with Gasteiger partial charge >= 0.3 is 5.97 Å². The summed E-state index contributed by atoms with van der Waals surface area (Å²) in [7, 11) is 0. The van der Waals surface area contributed by atoms with Crippen molar-refractivity contribution in [2.45, 2.75) is 58.8 Å². The number of alkyl halides is 1. The molecule has 0 aliphatic heterocycles. The van der Waals surface area contributed by atoms with Crippen molar-refractivity contribution in [1.29, 1.82) is 0 Å². The fraction of sp³-hybridized carbons (Fsp3) is 0.923. The molecule has 96 valence electrons. The molecule has 0 aliphatic rings. The third-order valence-electron chi connectivity index (χ3n) is 2.34. The number of esters is 1. The monoisotopic (exact) mass is 292 g/mol. The highest BCUT2D eigenvalue weighted by Crippen LogP contribution is 2.08. The maximum absolute atomic E-state index is 11.3. The maximum Gasteiger partial charge on any atom is 0.305 e. The number of carbonyl (C=O) groups is 1. The molecule has 0 spiro atoms. The summed E-state index contributed by atoms with van der Waals surface area (Å²) >= 11 is 3.42. The maximum atomic E-state index is 11.3. The van der Waals surface area contributed by atoms with Crippen LogP contribution < -0.4 is 0 Å².